The molecule has 0 spiro atoms. The van der Waals surface area contributed by atoms with Gasteiger partial charge in [0.05, 0.1) is 18.4 Å². The molecule has 6 nitrogen and oxygen atoms in total. The van der Waals surface area contributed by atoms with Crippen LogP contribution >= 0.6 is 15.9 Å². The number of rotatable bonds is 6. The van der Waals surface area contributed by atoms with Crippen molar-refractivity contribution < 1.29 is 0 Å². The monoisotopic (exact) mass is 357 g/mol. The van der Waals surface area contributed by atoms with Crippen molar-refractivity contribution in [1.29, 1.82) is 0 Å². The lowest BCUT2D eigenvalue weighted by Crippen LogP contribution is -2.34. The summed E-state index contributed by atoms with van der Waals surface area (Å²) in [5, 5.41) is 11.0. The van der Waals surface area contributed by atoms with Crippen LogP contribution in [-0.4, -0.2) is 55.0 Å². The fourth-order valence-electron chi connectivity index (χ4n) is 2.39. The molecule has 0 aromatic carbocycles. The molecule has 1 aromatic heterocycles. The Labute approximate surface area is 134 Å². The zero-order chi connectivity index (χ0) is 15.2. The van der Waals surface area contributed by atoms with Gasteiger partial charge in [0.2, 0.25) is 0 Å². The lowest BCUT2D eigenvalue weighted by Gasteiger charge is -2.23. The van der Waals surface area contributed by atoms with Crippen molar-refractivity contribution >= 4 is 21.6 Å². The van der Waals surface area contributed by atoms with Crippen molar-refractivity contribution in [3.8, 4) is 0 Å². The normalized spacial score (nSPS) is 19.0. The molecule has 1 aliphatic heterocycles. The number of hydrogen-bond donors (Lipinski definition) is 2. The molecule has 1 aliphatic rings. The summed E-state index contributed by atoms with van der Waals surface area (Å²) in [6.45, 7) is 4.41. The van der Waals surface area contributed by atoms with Crippen molar-refractivity contribution in [3.05, 3.63) is 21.0 Å². The van der Waals surface area contributed by atoms with E-state index in [9.17, 15) is 4.79 Å². The first kappa shape index (κ1) is 16.5. The maximum absolute atomic E-state index is 12.2. The molecule has 2 rings (SSSR count). The fourth-order valence-corrected chi connectivity index (χ4v) is 2.84. The number of nitrogens with zero attached hydrogens (tertiary/aromatic N) is 3. The molecular formula is C14H24BrN5O. The summed E-state index contributed by atoms with van der Waals surface area (Å²) in [5.74, 6) is 0.613. The number of piperidine rings is 1. The lowest BCUT2D eigenvalue weighted by molar-refractivity contribution is 0.367. The molecule has 0 bridgehead atoms. The van der Waals surface area contributed by atoms with Crippen LogP contribution in [0.25, 0.3) is 0 Å². The zero-order valence-corrected chi connectivity index (χ0v) is 14.3. The molecule has 21 heavy (non-hydrogen) atoms. The third-order valence-corrected chi connectivity index (χ3v) is 4.49. The van der Waals surface area contributed by atoms with E-state index in [1.807, 2.05) is 19.0 Å². The van der Waals surface area contributed by atoms with Crippen molar-refractivity contribution in [2.24, 2.45) is 5.92 Å². The second-order valence-corrected chi connectivity index (χ2v) is 6.59. The van der Waals surface area contributed by atoms with Crippen LogP contribution in [0, 0.1) is 5.92 Å². The predicted octanol–water partition coefficient (Wildman–Crippen LogP) is 0.979. The highest BCUT2D eigenvalue weighted by Crippen LogP contribution is 2.18. The largest absolute Gasteiger partial charge is 0.382 e. The molecule has 0 radical (unpaired) electrons. The SMILES string of the molecule is CN(C)CCn1ncc(NCC2CCCNC2)c(Br)c1=O. The average Bonchev–Trinajstić information content (AvgIpc) is 2.48. The molecule has 0 saturated carbocycles. The Morgan fingerprint density at radius 3 is 3.05 bits per heavy atom. The van der Waals surface area contributed by atoms with Gasteiger partial charge in [0.25, 0.3) is 5.56 Å². The number of hydrogen-bond acceptors (Lipinski definition) is 5. The first-order valence-electron chi connectivity index (χ1n) is 7.43. The maximum Gasteiger partial charge on any atom is 0.283 e. The van der Waals surface area contributed by atoms with Gasteiger partial charge in [-0.2, -0.15) is 5.10 Å². The van der Waals surface area contributed by atoms with Gasteiger partial charge in [0.15, 0.2) is 0 Å². The molecule has 0 amide bonds. The van der Waals surface area contributed by atoms with E-state index in [-0.39, 0.29) is 5.56 Å². The summed E-state index contributed by atoms with van der Waals surface area (Å²) >= 11 is 3.40. The molecule has 1 fully saturated rings. The second kappa shape index (κ2) is 7.91. The van der Waals surface area contributed by atoms with Gasteiger partial charge < -0.3 is 15.5 Å². The van der Waals surface area contributed by atoms with E-state index in [2.05, 4.69) is 31.7 Å². The van der Waals surface area contributed by atoms with Gasteiger partial charge in [-0.05, 0) is 61.9 Å². The van der Waals surface area contributed by atoms with Gasteiger partial charge in [-0.1, -0.05) is 0 Å². The Kier molecular flexibility index (Phi) is 6.20. The standard InChI is InChI=1S/C14H24BrN5O/c1-19(2)6-7-20-14(21)13(15)12(10-18-20)17-9-11-4-3-5-16-8-11/h10-11,16-17H,3-9H2,1-2H3. The highest BCUT2D eigenvalue weighted by atomic mass is 79.9. The molecular weight excluding hydrogens is 334 g/mol. The summed E-state index contributed by atoms with van der Waals surface area (Å²) in [6.07, 6.45) is 4.18. The molecule has 1 aromatic rings. The quantitative estimate of drug-likeness (QED) is 0.794. The minimum atomic E-state index is -0.0800. The number of halogens is 1. The van der Waals surface area contributed by atoms with Gasteiger partial charge in [-0.25, -0.2) is 4.68 Å². The van der Waals surface area contributed by atoms with E-state index < -0.39 is 0 Å². The Morgan fingerprint density at radius 2 is 2.38 bits per heavy atom. The number of likely N-dealkylation sites (N-methyl/N-ethyl adjacent to an activating group) is 1. The van der Waals surface area contributed by atoms with Gasteiger partial charge >= 0.3 is 0 Å². The molecule has 1 saturated heterocycles. The summed E-state index contributed by atoms with van der Waals surface area (Å²) in [7, 11) is 3.96. The first-order valence-corrected chi connectivity index (χ1v) is 8.22. The minimum absolute atomic E-state index is 0.0800. The minimum Gasteiger partial charge on any atom is -0.382 e. The van der Waals surface area contributed by atoms with Gasteiger partial charge in [0, 0.05) is 13.1 Å². The summed E-state index contributed by atoms with van der Waals surface area (Å²) < 4.78 is 2.07. The van der Waals surface area contributed by atoms with Crippen LogP contribution in [0.1, 0.15) is 12.8 Å². The van der Waals surface area contributed by atoms with E-state index >= 15 is 0 Å². The third-order valence-electron chi connectivity index (χ3n) is 3.72. The molecule has 0 aliphatic carbocycles. The van der Waals surface area contributed by atoms with Crippen molar-refractivity contribution in [2.45, 2.75) is 19.4 Å². The highest BCUT2D eigenvalue weighted by molar-refractivity contribution is 9.10. The van der Waals surface area contributed by atoms with Crippen molar-refractivity contribution in [1.82, 2.24) is 20.0 Å². The van der Waals surface area contributed by atoms with E-state index in [4.69, 9.17) is 0 Å². The van der Waals surface area contributed by atoms with Crippen molar-refractivity contribution in [2.75, 3.05) is 45.6 Å². The number of aromatic nitrogens is 2. The zero-order valence-electron chi connectivity index (χ0n) is 12.7. The van der Waals surface area contributed by atoms with Crippen LogP contribution in [0.4, 0.5) is 5.69 Å². The Morgan fingerprint density at radius 1 is 1.57 bits per heavy atom. The first-order chi connectivity index (χ1) is 10.1. The second-order valence-electron chi connectivity index (χ2n) is 5.80. The molecule has 2 heterocycles. The van der Waals surface area contributed by atoms with E-state index in [0.717, 1.165) is 31.9 Å². The highest BCUT2D eigenvalue weighted by Gasteiger charge is 2.14. The van der Waals surface area contributed by atoms with Crippen molar-refractivity contribution in [3.63, 3.8) is 0 Å². The summed E-state index contributed by atoms with van der Waals surface area (Å²) in [4.78, 5) is 14.3. The smallest absolute Gasteiger partial charge is 0.283 e. The molecule has 1 atom stereocenters. The van der Waals surface area contributed by atoms with Gasteiger partial charge in [0.1, 0.15) is 4.47 Å². The van der Waals surface area contributed by atoms with E-state index in [0.29, 0.717) is 16.9 Å². The Hall–Kier alpha value is -0.920. The van der Waals surface area contributed by atoms with E-state index in [1.54, 1.807) is 6.20 Å². The van der Waals surface area contributed by atoms with Gasteiger partial charge in [-0.15, -0.1) is 0 Å². The van der Waals surface area contributed by atoms with Crippen LogP contribution in [-0.2, 0) is 6.54 Å². The van der Waals surface area contributed by atoms with Crippen LogP contribution in [0.2, 0.25) is 0 Å². The summed E-state index contributed by atoms with van der Waals surface area (Å²) in [5.41, 5.74) is 0.704. The average molecular weight is 358 g/mol. The van der Waals surface area contributed by atoms with E-state index in [1.165, 1.54) is 17.5 Å². The lowest BCUT2D eigenvalue weighted by atomic mass is 10.00. The third kappa shape index (κ3) is 4.79. The molecule has 118 valence electrons. The predicted molar refractivity (Wildman–Crippen MR) is 88.8 cm³/mol. The topological polar surface area (TPSA) is 62.2 Å². The fraction of sp³-hybridized carbons (Fsp3) is 0.714. The Balaban J connectivity index is 1.97. The molecule has 7 heteroatoms. The Bertz CT molecular complexity index is 511. The number of nitrogens with one attached hydrogen (secondary N) is 2. The van der Waals surface area contributed by atoms with Crippen LogP contribution in [0.5, 0.6) is 0 Å². The van der Waals surface area contributed by atoms with Gasteiger partial charge in [-0.3, -0.25) is 4.79 Å². The number of anilines is 1. The molecule has 1 unspecified atom stereocenters. The van der Waals surface area contributed by atoms with Crippen LogP contribution < -0.4 is 16.2 Å². The summed E-state index contributed by atoms with van der Waals surface area (Å²) in [6, 6.07) is 0. The molecule has 2 N–H and O–H groups in total. The van der Waals surface area contributed by atoms with Crippen LogP contribution in [0.3, 0.4) is 0 Å². The van der Waals surface area contributed by atoms with Crippen LogP contribution in [0.15, 0.2) is 15.5 Å². The maximum atomic E-state index is 12.2.